The number of fused-ring (bicyclic) bond motifs is 1. The maximum atomic E-state index is 13.7. The summed E-state index contributed by atoms with van der Waals surface area (Å²) in [4.78, 5) is 3.38. The van der Waals surface area contributed by atoms with Gasteiger partial charge in [-0.15, -0.1) is 0 Å². The fourth-order valence-electron chi connectivity index (χ4n) is 2.15. The molecule has 0 aliphatic rings. The summed E-state index contributed by atoms with van der Waals surface area (Å²) in [5.74, 6) is -5.67. The van der Waals surface area contributed by atoms with Crippen molar-refractivity contribution >= 4 is 26.6 Å². The second-order valence-electron chi connectivity index (χ2n) is 4.77. The van der Waals surface area contributed by atoms with Crippen molar-refractivity contribution in [1.29, 1.82) is 0 Å². The molecule has 0 atom stereocenters. The van der Waals surface area contributed by atoms with E-state index in [1.807, 2.05) is 4.72 Å². The zero-order valence-electron chi connectivity index (χ0n) is 11.7. The van der Waals surface area contributed by atoms with Crippen LogP contribution in [0.25, 0.3) is 10.9 Å². The largest absolute Gasteiger partial charge is 0.277 e. The van der Waals surface area contributed by atoms with Gasteiger partial charge in [0.15, 0.2) is 17.5 Å². The molecule has 9 heteroatoms. The normalized spacial score (nSPS) is 11.7. The Kier molecular flexibility index (Phi) is 3.88. The first-order valence-electron chi connectivity index (χ1n) is 6.51. The Morgan fingerprint density at radius 2 is 1.58 bits per heavy atom. The number of sulfonamides is 1. The van der Waals surface area contributed by atoms with Gasteiger partial charge in [-0.25, -0.2) is 26.0 Å². The van der Waals surface area contributed by atoms with Crippen LogP contribution in [0.15, 0.2) is 47.5 Å². The quantitative estimate of drug-likeness (QED) is 0.576. The number of anilines is 1. The van der Waals surface area contributed by atoms with Crippen LogP contribution >= 0.6 is 0 Å². The van der Waals surface area contributed by atoms with E-state index >= 15 is 0 Å². The van der Waals surface area contributed by atoms with Crippen molar-refractivity contribution in [3.63, 3.8) is 0 Å². The third-order valence-corrected chi connectivity index (χ3v) is 4.67. The maximum Gasteiger partial charge on any atom is 0.262 e. The molecule has 1 N–H and O–H groups in total. The molecular weight excluding hydrogens is 348 g/mol. The molecule has 0 aliphatic heterocycles. The lowest BCUT2D eigenvalue weighted by molar-refractivity contribution is 0.449. The molecule has 0 spiro atoms. The summed E-state index contributed by atoms with van der Waals surface area (Å²) in [7, 11) is -4.39. The highest BCUT2D eigenvalue weighted by molar-refractivity contribution is 7.93. The highest BCUT2D eigenvalue weighted by Gasteiger charge is 2.22. The van der Waals surface area contributed by atoms with Gasteiger partial charge in [0.1, 0.15) is 11.3 Å². The minimum atomic E-state index is -4.39. The van der Waals surface area contributed by atoms with Gasteiger partial charge in [-0.2, -0.15) is 0 Å². The van der Waals surface area contributed by atoms with Crippen molar-refractivity contribution in [2.75, 3.05) is 4.72 Å². The smallest absolute Gasteiger partial charge is 0.262 e. The van der Waals surface area contributed by atoms with Gasteiger partial charge >= 0.3 is 0 Å². The molecule has 0 aliphatic carbocycles. The molecule has 0 unspecified atom stereocenters. The van der Waals surface area contributed by atoms with E-state index in [9.17, 15) is 26.0 Å². The van der Waals surface area contributed by atoms with Gasteiger partial charge in [0, 0.05) is 11.6 Å². The van der Waals surface area contributed by atoms with Crippen molar-refractivity contribution in [2.45, 2.75) is 4.90 Å². The van der Waals surface area contributed by atoms with Crippen molar-refractivity contribution < 1.29 is 26.0 Å². The number of hydrogen-bond acceptors (Lipinski definition) is 3. The van der Waals surface area contributed by atoms with Gasteiger partial charge in [0.05, 0.1) is 10.6 Å². The Hall–Kier alpha value is -2.68. The first-order chi connectivity index (χ1) is 11.3. The van der Waals surface area contributed by atoms with Crippen LogP contribution in [-0.4, -0.2) is 13.4 Å². The number of hydrogen-bond donors (Lipinski definition) is 1. The van der Waals surface area contributed by atoms with Crippen LogP contribution in [-0.2, 0) is 10.0 Å². The number of nitrogens with zero attached hydrogens (tertiary/aromatic N) is 1. The van der Waals surface area contributed by atoms with Crippen molar-refractivity contribution in [2.24, 2.45) is 0 Å². The van der Waals surface area contributed by atoms with Crippen LogP contribution in [0.3, 0.4) is 0 Å². The molecule has 0 saturated heterocycles. The summed E-state index contributed by atoms with van der Waals surface area (Å²) in [6, 6.07) is 5.92. The summed E-state index contributed by atoms with van der Waals surface area (Å²) in [5.41, 5.74) is -0.957. The van der Waals surface area contributed by atoms with E-state index in [0.29, 0.717) is 6.07 Å². The second kappa shape index (κ2) is 5.75. The van der Waals surface area contributed by atoms with E-state index in [1.54, 1.807) is 0 Å². The Bertz CT molecular complexity index is 1050. The Morgan fingerprint density at radius 1 is 0.875 bits per heavy atom. The zero-order chi connectivity index (χ0) is 17.5. The van der Waals surface area contributed by atoms with Gasteiger partial charge in [-0.05, 0) is 36.4 Å². The topological polar surface area (TPSA) is 59.1 Å². The first-order valence-corrected chi connectivity index (χ1v) is 7.99. The second-order valence-corrected chi connectivity index (χ2v) is 6.42. The summed E-state index contributed by atoms with van der Waals surface area (Å²) >= 11 is 0. The van der Waals surface area contributed by atoms with E-state index in [1.165, 1.54) is 18.3 Å². The lowest BCUT2D eigenvalue weighted by atomic mass is 10.2. The minimum Gasteiger partial charge on any atom is -0.277 e. The molecule has 1 heterocycles. The summed E-state index contributed by atoms with van der Waals surface area (Å²) in [6.07, 6.45) is 1.28. The molecule has 3 aromatic rings. The van der Waals surface area contributed by atoms with Crippen LogP contribution < -0.4 is 4.72 Å². The Morgan fingerprint density at radius 3 is 2.33 bits per heavy atom. The van der Waals surface area contributed by atoms with Crippen LogP contribution in [0, 0.1) is 23.3 Å². The van der Waals surface area contributed by atoms with Crippen LogP contribution in [0.2, 0.25) is 0 Å². The highest BCUT2D eigenvalue weighted by atomic mass is 32.2. The number of halogens is 4. The van der Waals surface area contributed by atoms with Gasteiger partial charge in [0.2, 0.25) is 0 Å². The Labute approximate surface area is 133 Å². The van der Waals surface area contributed by atoms with Gasteiger partial charge in [-0.1, -0.05) is 0 Å². The molecule has 24 heavy (non-hydrogen) atoms. The van der Waals surface area contributed by atoms with Gasteiger partial charge < -0.3 is 0 Å². The maximum absolute atomic E-state index is 13.7. The van der Waals surface area contributed by atoms with Crippen molar-refractivity contribution in [3.05, 3.63) is 65.9 Å². The molecule has 0 fully saturated rings. The molecule has 0 amide bonds. The molecule has 3 rings (SSSR count). The fraction of sp³-hybridized carbons (Fsp3) is 0. The number of benzene rings is 2. The molecular formula is C15H8F4N2O2S. The average molecular weight is 356 g/mol. The third kappa shape index (κ3) is 2.67. The average Bonchev–Trinajstić information content (AvgIpc) is 2.56. The fourth-order valence-corrected chi connectivity index (χ4v) is 3.41. The molecule has 2 aromatic carbocycles. The number of pyridine rings is 1. The predicted octanol–water partition coefficient (Wildman–Crippen LogP) is 3.59. The molecule has 1 aromatic heterocycles. The summed E-state index contributed by atoms with van der Waals surface area (Å²) in [5, 5.41) is -0.0343. The van der Waals surface area contributed by atoms with E-state index < -0.39 is 39.0 Å². The van der Waals surface area contributed by atoms with Crippen LogP contribution in [0.4, 0.5) is 23.2 Å². The van der Waals surface area contributed by atoms with E-state index in [2.05, 4.69) is 4.98 Å². The van der Waals surface area contributed by atoms with Crippen LogP contribution in [0.1, 0.15) is 0 Å². The summed E-state index contributed by atoms with van der Waals surface area (Å²) < 4.78 is 80.2. The predicted molar refractivity (Wildman–Crippen MR) is 78.8 cm³/mol. The van der Waals surface area contributed by atoms with Gasteiger partial charge in [0.25, 0.3) is 10.0 Å². The monoisotopic (exact) mass is 356 g/mol. The summed E-state index contributed by atoms with van der Waals surface area (Å²) in [6.45, 7) is 0. The molecule has 124 valence electrons. The molecule has 4 nitrogen and oxygen atoms in total. The van der Waals surface area contributed by atoms with E-state index in [4.69, 9.17) is 0 Å². The van der Waals surface area contributed by atoms with Crippen LogP contribution in [0.5, 0.6) is 0 Å². The number of rotatable bonds is 3. The molecule has 0 radical (unpaired) electrons. The SMILES string of the molecule is O=S(=O)(Nc1ccc(F)c(F)c1F)c1ccc(F)c2ncccc12. The Balaban J connectivity index is 2.13. The standard InChI is InChI=1S/C15H8F4N2O2S/c16-9-3-5-11(14(19)13(9)18)21-24(22,23)12-6-4-10(17)15-8(12)2-1-7-20-15/h1-7,21H. The van der Waals surface area contributed by atoms with E-state index in [0.717, 1.165) is 18.2 Å². The lowest BCUT2D eigenvalue weighted by Gasteiger charge is -2.11. The molecule has 0 saturated carbocycles. The first kappa shape index (κ1) is 16.2. The lowest BCUT2D eigenvalue weighted by Crippen LogP contribution is -2.15. The van der Waals surface area contributed by atoms with Gasteiger partial charge in [-0.3, -0.25) is 9.71 Å². The number of nitrogens with one attached hydrogen (secondary N) is 1. The number of aromatic nitrogens is 1. The third-order valence-electron chi connectivity index (χ3n) is 3.25. The molecule has 0 bridgehead atoms. The zero-order valence-corrected chi connectivity index (χ0v) is 12.5. The van der Waals surface area contributed by atoms with Crippen molar-refractivity contribution in [1.82, 2.24) is 4.98 Å². The highest BCUT2D eigenvalue weighted by Crippen LogP contribution is 2.27. The van der Waals surface area contributed by atoms with E-state index in [-0.39, 0.29) is 15.8 Å². The minimum absolute atomic E-state index is 0.0343. The van der Waals surface area contributed by atoms with Crippen molar-refractivity contribution in [3.8, 4) is 0 Å².